The summed E-state index contributed by atoms with van der Waals surface area (Å²) in [6.45, 7) is 1.66. The second kappa shape index (κ2) is 6.57. The molecule has 1 amide bonds. The van der Waals surface area contributed by atoms with Crippen molar-refractivity contribution in [2.45, 2.75) is 44.2 Å². The maximum Gasteiger partial charge on any atom is 0.225 e. The molecule has 0 radical (unpaired) electrons. The number of ether oxygens (including phenoxy) is 1. The van der Waals surface area contributed by atoms with Gasteiger partial charge in [0.15, 0.2) is 0 Å². The number of amides is 1. The van der Waals surface area contributed by atoms with Gasteiger partial charge in [0.25, 0.3) is 0 Å². The zero-order valence-corrected chi connectivity index (χ0v) is 11.2. The maximum absolute atomic E-state index is 12.2. The van der Waals surface area contributed by atoms with Crippen molar-refractivity contribution in [1.29, 1.82) is 0 Å². The smallest absolute Gasteiger partial charge is 0.225 e. The van der Waals surface area contributed by atoms with Crippen molar-refractivity contribution in [2.24, 2.45) is 11.7 Å². The first-order valence-corrected chi connectivity index (χ1v) is 6.28. The van der Waals surface area contributed by atoms with Crippen molar-refractivity contribution in [3.8, 4) is 0 Å². The molecule has 0 aromatic carbocycles. The number of likely N-dealkylation sites (tertiary alicyclic amines) is 1. The molecule has 1 aliphatic heterocycles. The van der Waals surface area contributed by atoms with Crippen LogP contribution in [0.4, 0.5) is 0 Å². The van der Waals surface area contributed by atoms with Gasteiger partial charge in [-0.25, -0.2) is 0 Å². The van der Waals surface area contributed by atoms with Crippen LogP contribution in [0.3, 0.4) is 0 Å². The number of hydrogen-bond donors (Lipinski definition) is 1. The maximum atomic E-state index is 12.2. The number of methoxy groups -OCH3 is 1. The lowest BCUT2D eigenvalue weighted by Crippen LogP contribution is -2.45. The van der Waals surface area contributed by atoms with E-state index in [0.717, 1.165) is 45.2 Å². The Bertz CT molecular complexity index is 263. The van der Waals surface area contributed by atoms with Gasteiger partial charge in [0.05, 0.1) is 6.10 Å². The average molecular weight is 263 g/mol. The first-order chi connectivity index (χ1) is 7.70. The largest absolute Gasteiger partial charge is 0.380 e. The number of halogens is 1. The van der Waals surface area contributed by atoms with Crippen molar-refractivity contribution in [2.75, 3.05) is 20.2 Å². The third kappa shape index (κ3) is 3.57. The van der Waals surface area contributed by atoms with Gasteiger partial charge in [0.2, 0.25) is 5.91 Å². The lowest BCUT2D eigenvalue weighted by molar-refractivity contribution is -0.138. The first-order valence-electron chi connectivity index (χ1n) is 6.28. The normalized spacial score (nSPS) is 33.3. The molecule has 4 nitrogen and oxygen atoms in total. The van der Waals surface area contributed by atoms with Gasteiger partial charge in [0, 0.05) is 32.2 Å². The fourth-order valence-corrected chi connectivity index (χ4v) is 2.83. The SMILES string of the molecule is COC1CCCN(C(=O)C2CCC(N)C2)C1.Cl. The van der Waals surface area contributed by atoms with Gasteiger partial charge in [-0.3, -0.25) is 4.79 Å². The lowest BCUT2D eigenvalue weighted by atomic mass is 10.0. The van der Waals surface area contributed by atoms with Gasteiger partial charge < -0.3 is 15.4 Å². The predicted octanol–water partition coefficient (Wildman–Crippen LogP) is 1.17. The van der Waals surface area contributed by atoms with Gasteiger partial charge in [-0.15, -0.1) is 12.4 Å². The molecule has 1 heterocycles. The Morgan fingerprint density at radius 1 is 1.35 bits per heavy atom. The molecular weight excluding hydrogens is 240 g/mol. The highest BCUT2D eigenvalue weighted by Gasteiger charge is 2.33. The number of rotatable bonds is 2. The van der Waals surface area contributed by atoms with E-state index in [1.807, 2.05) is 4.90 Å². The highest BCUT2D eigenvalue weighted by Crippen LogP contribution is 2.27. The summed E-state index contributed by atoms with van der Waals surface area (Å²) in [4.78, 5) is 14.2. The Hall–Kier alpha value is -0.320. The molecule has 0 bridgehead atoms. The Kier molecular flexibility index (Phi) is 5.70. The Morgan fingerprint density at radius 3 is 2.71 bits per heavy atom. The van der Waals surface area contributed by atoms with Crippen LogP contribution in [0.25, 0.3) is 0 Å². The topological polar surface area (TPSA) is 55.6 Å². The molecule has 3 atom stereocenters. The summed E-state index contributed by atoms with van der Waals surface area (Å²) in [5.74, 6) is 0.473. The van der Waals surface area contributed by atoms with E-state index in [-0.39, 0.29) is 30.5 Å². The van der Waals surface area contributed by atoms with Crippen LogP contribution < -0.4 is 5.73 Å². The number of carbonyl (C=O) groups is 1. The molecule has 1 saturated heterocycles. The number of hydrogen-bond acceptors (Lipinski definition) is 3. The zero-order chi connectivity index (χ0) is 11.5. The molecule has 0 aromatic heterocycles. The Balaban J connectivity index is 0.00000144. The molecule has 17 heavy (non-hydrogen) atoms. The molecule has 2 rings (SSSR count). The fraction of sp³-hybridized carbons (Fsp3) is 0.917. The highest BCUT2D eigenvalue weighted by atomic mass is 35.5. The van der Waals surface area contributed by atoms with Crippen LogP contribution in [-0.2, 0) is 9.53 Å². The van der Waals surface area contributed by atoms with Gasteiger partial charge in [-0.05, 0) is 32.1 Å². The zero-order valence-electron chi connectivity index (χ0n) is 10.4. The minimum Gasteiger partial charge on any atom is -0.380 e. The van der Waals surface area contributed by atoms with Crippen molar-refractivity contribution >= 4 is 18.3 Å². The summed E-state index contributed by atoms with van der Waals surface area (Å²) >= 11 is 0. The van der Waals surface area contributed by atoms with Crippen LogP contribution in [0.1, 0.15) is 32.1 Å². The van der Waals surface area contributed by atoms with E-state index in [4.69, 9.17) is 10.5 Å². The fourth-order valence-electron chi connectivity index (χ4n) is 2.83. The number of nitrogens with two attached hydrogens (primary N) is 1. The van der Waals surface area contributed by atoms with Crippen LogP contribution in [0.15, 0.2) is 0 Å². The first kappa shape index (κ1) is 14.7. The van der Waals surface area contributed by atoms with E-state index in [0.29, 0.717) is 5.91 Å². The molecule has 3 unspecified atom stereocenters. The van der Waals surface area contributed by atoms with E-state index in [1.54, 1.807) is 7.11 Å². The number of nitrogens with zero attached hydrogens (tertiary/aromatic N) is 1. The molecule has 0 spiro atoms. The minimum atomic E-state index is 0. The van der Waals surface area contributed by atoms with Crippen LogP contribution in [0, 0.1) is 5.92 Å². The van der Waals surface area contributed by atoms with Gasteiger partial charge >= 0.3 is 0 Å². The van der Waals surface area contributed by atoms with Gasteiger partial charge in [-0.1, -0.05) is 0 Å². The molecule has 2 aliphatic rings. The summed E-state index contributed by atoms with van der Waals surface area (Å²) in [6.07, 6.45) is 5.19. The van der Waals surface area contributed by atoms with Crippen molar-refractivity contribution in [3.05, 3.63) is 0 Å². The molecule has 2 N–H and O–H groups in total. The molecule has 100 valence electrons. The van der Waals surface area contributed by atoms with Gasteiger partial charge in [0.1, 0.15) is 0 Å². The molecule has 0 aromatic rings. The summed E-state index contributed by atoms with van der Waals surface area (Å²) in [6, 6.07) is 0.233. The summed E-state index contributed by atoms with van der Waals surface area (Å²) in [7, 11) is 1.73. The van der Waals surface area contributed by atoms with E-state index in [2.05, 4.69) is 0 Å². The van der Waals surface area contributed by atoms with E-state index >= 15 is 0 Å². The third-order valence-electron chi connectivity index (χ3n) is 3.85. The van der Waals surface area contributed by atoms with Crippen LogP contribution in [-0.4, -0.2) is 43.2 Å². The average Bonchev–Trinajstić information content (AvgIpc) is 2.75. The minimum absolute atomic E-state index is 0. The van der Waals surface area contributed by atoms with Crippen LogP contribution >= 0.6 is 12.4 Å². The standard InChI is InChI=1S/C12H22N2O2.ClH/c1-16-11-3-2-6-14(8-11)12(15)9-4-5-10(13)7-9;/h9-11H,2-8,13H2,1H3;1H. The molecular formula is C12H23ClN2O2. The summed E-state index contributed by atoms with van der Waals surface area (Å²) < 4.78 is 5.34. The van der Waals surface area contributed by atoms with E-state index in [9.17, 15) is 4.79 Å². The predicted molar refractivity (Wildman–Crippen MR) is 69.2 cm³/mol. The highest BCUT2D eigenvalue weighted by molar-refractivity contribution is 5.85. The van der Waals surface area contributed by atoms with Crippen molar-refractivity contribution in [1.82, 2.24) is 4.90 Å². The molecule has 2 fully saturated rings. The van der Waals surface area contributed by atoms with Crippen molar-refractivity contribution in [3.63, 3.8) is 0 Å². The monoisotopic (exact) mass is 262 g/mol. The quantitative estimate of drug-likeness (QED) is 0.813. The third-order valence-corrected chi connectivity index (χ3v) is 3.85. The molecule has 5 heteroatoms. The number of carbonyl (C=O) groups excluding carboxylic acids is 1. The van der Waals surface area contributed by atoms with Crippen LogP contribution in [0.5, 0.6) is 0 Å². The Morgan fingerprint density at radius 2 is 2.12 bits per heavy atom. The van der Waals surface area contributed by atoms with E-state index in [1.165, 1.54) is 0 Å². The van der Waals surface area contributed by atoms with Crippen molar-refractivity contribution < 1.29 is 9.53 Å². The Labute approximate surface area is 109 Å². The molecule has 1 saturated carbocycles. The number of piperidine rings is 1. The second-order valence-electron chi connectivity index (χ2n) is 5.05. The van der Waals surface area contributed by atoms with E-state index < -0.39 is 0 Å². The lowest BCUT2D eigenvalue weighted by Gasteiger charge is -2.33. The summed E-state index contributed by atoms with van der Waals surface area (Å²) in [5, 5.41) is 0. The van der Waals surface area contributed by atoms with Crippen LogP contribution in [0.2, 0.25) is 0 Å². The molecule has 1 aliphatic carbocycles. The second-order valence-corrected chi connectivity index (χ2v) is 5.05. The summed E-state index contributed by atoms with van der Waals surface area (Å²) in [5.41, 5.74) is 5.85. The van der Waals surface area contributed by atoms with Gasteiger partial charge in [-0.2, -0.15) is 0 Å².